The molecule has 0 unspecified atom stereocenters. The van der Waals surface area contributed by atoms with E-state index in [1.54, 1.807) is 23.7 Å². The zero-order valence-corrected chi connectivity index (χ0v) is 16.8. The van der Waals surface area contributed by atoms with Crippen LogP contribution in [0.25, 0.3) is 20.4 Å². The molecule has 0 aliphatic carbocycles. The number of hydrogen-bond acceptors (Lipinski definition) is 6. The van der Waals surface area contributed by atoms with Crippen LogP contribution in [0.5, 0.6) is 0 Å². The Morgan fingerprint density at radius 1 is 0.900 bits per heavy atom. The summed E-state index contributed by atoms with van der Waals surface area (Å²) in [6.07, 6.45) is 4.09. The Balaban J connectivity index is 1.56. The summed E-state index contributed by atoms with van der Waals surface area (Å²) in [6, 6.07) is 19.6. The standard InChI is InChI=1S/C23H17N5OS/c29-22(26-14-16-9-4-5-11-24-16)21-27-18(13-15-7-2-1-3-8-15)20-19(28-21)17-10-6-12-25-23(17)30-20/h1-12H,13-14H2,(H,26,29). The van der Waals surface area contributed by atoms with E-state index in [0.29, 0.717) is 13.0 Å². The number of nitrogens with zero attached hydrogens (tertiary/aromatic N) is 4. The minimum atomic E-state index is -0.319. The molecule has 0 saturated carbocycles. The molecule has 0 aliphatic heterocycles. The zero-order chi connectivity index (χ0) is 20.3. The molecule has 4 aromatic heterocycles. The monoisotopic (exact) mass is 411 g/mol. The normalized spacial score (nSPS) is 11.1. The van der Waals surface area contributed by atoms with Gasteiger partial charge in [-0.25, -0.2) is 15.0 Å². The highest BCUT2D eigenvalue weighted by molar-refractivity contribution is 7.25. The van der Waals surface area contributed by atoms with Gasteiger partial charge in [-0.15, -0.1) is 11.3 Å². The Morgan fingerprint density at radius 3 is 2.57 bits per heavy atom. The minimum Gasteiger partial charge on any atom is -0.344 e. The molecular weight excluding hydrogens is 394 g/mol. The summed E-state index contributed by atoms with van der Waals surface area (Å²) < 4.78 is 0.967. The highest BCUT2D eigenvalue weighted by Crippen LogP contribution is 2.33. The highest BCUT2D eigenvalue weighted by atomic mass is 32.1. The van der Waals surface area contributed by atoms with Gasteiger partial charge in [-0.05, 0) is 29.8 Å². The van der Waals surface area contributed by atoms with Gasteiger partial charge in [0, 0.05) is 24.2 Å². The van der Waals surface area contributed by atoms with Crippen LogP contribution in [-0.2, 0) is 13.0 Å². The second kappa shape index (κ2) is 7.96. The number of carbonyl (C=O) groups is 1. The van der Waals surface area contributed by atoms with Crippen LogP contribution in [0.2, 0.25) is 0 Å². The third kappa shape index (κ3) is 3.62. The number of thiophene rings is 1. The average molecular weight is 411 g/mol. The SMILES string of the molecule is O=C(NCc1ccccn1)c1nc(Cc2ccccc2)c2sc3ncccc3c2n1. The van der Waals surface area contributed by atoms with Crippen molar-refractivity contribution in [3.8, 4) is 0 Å². The van der Waals surface area contributed by atoms with Crippen molar-refractivity contribution in [2.75, 3.05) is 0 Å². The maximum atomic E-state index is 12.8. The molecule has 7 heteroatoms. The summed E-state index contributed by atoms with van der Waals surface area (Å²) in [6.45, 7) is 0.320. The lowest BCUT2D eigenvalue weighted by atomic mass is 10.1. The van der Waals surface area contributed by atoms with Crippen molar-refractivity contribution in [2.24, 2.45) is 0 Å². The van der Waals surface area contributed by atoms with Gasteiger partial charge in [-0.2, -0.15) is 0 Å². The van der Waals surface area contributed by atoms with E-state index in [1.165, 1.54) is 0 Å². The lowest BCUT2D eigenvalue weighted by Gasteiger charge is -2.07. The minimum absolute atomic E-state index is 0.160. The molecule has 0 aliphatic rings. The van der Waals surface area contributed by atoms with Crippen molar-refractivity contribution >= 4 is 37.7 Å². The van der Waals surface area contributed by atoms with Gasteiger partial charge in [0.25, 0.3) is 5.91 Å². The van der Waals surface area contributed by atoms with Crippen molar-refractivity contribution < 1.29 is 4.79 Å². The van der Waals surface area contributed by atoms with Crippen LogP contribution in [0.1, 0.15) is 27.6 Å². The fourth-order valence-corrected chi connectivity index (χ4v) is 4.37. The number of pyridine rings is 2. The van der Waals surface area contributed by atoms with Gasteiger partial charge < -0.3 is 5.32 Å². The maximum Gasteiger partial charge on any atom is 0.289 e. The smallest absolute Gasteiger partial charge is 0.289 e. The fourth-order valence-electron chi connectivity index (χ4n) is 3.30. The summed E-state index contributed by atoms with van der Waals surface area (Å²) in [4.78, 5) is 31.7. The van der Waals surface area contributed by atoms with Gasteiger partial charge in [-0.3, -0.25) is 9.78 Å². The molecule has 0 saturated heterocycles. The van der Waals surface area contributed by atoms with E-state index >= 15 is 0 Å². The van der Waals surface area contributed by atoms with E-state index in [4.69, 9.17) is 0 Å². The first-order valence-corrected chi connectivity index (χ1v) is 10.4. The lowest BCUT2D eigenvalue weighted by Crippen LogP contribution is -2.25. The number of nitrogens with one attached hydrogen (secondary N) is 1. The molecule has 6 nitrogen and oxygen atoms in total. The van der Waals surface area contributed by atoms with E-state index in [1.807, 2.05) is 48.5 Å². The van der Waals surface area contributed by atoms with Crippen LogP contribution in [-0.4, -0.2) is 25.8 Å². The summed E-state index contributed by atoms with van der Waals surface area (Å²) in [5, 5.41) is 3.81. The molecule has 0 spiro atoms. The largest absolute Gasteiger partial charge is 0.344 e. The van der Waals surface area contributed by atoms with Crippen molar-refractivity contribution in [1.29, 1.82) is 0 Å². The first kappa shape index (κ1) is 18.3. The Labute approximate surface area is 176 Å². The Bertz CT molecular complexity index is 1340. The number of rotatable bonds is 5. The number of benzene rings is 1. The molecule has 0 bridgehead atoms. The molecule has 146 valence electrons. The summed E-state index contributed by atoms with van der Waals surface area (Å²) >= 11 is 1.56. The predicted molar refractivity (Wildman–Crippen MR) is 117 cm³/mol. The molecule has 0 atom stereocenters. The van der Waals surface area contributed by atoms with Crippen LogP contribution < -0.4 is 5.32 Å². The number of amides is 1. The first-order valence-electron chi connectivity index (χ1n) is 9.54. The van der Waals surface area contributed by atoms with Crippen LogP contribution in [0.4, 0.5) is 0 Å². The van der Waals surface area contributed by atoms with Crippen LogP contribution in [0.15, 0.2) is 73.1 Å². The predicted octanol–water partition coefficient (Wildman–Crippen LogP) is 4.16. The molecule has 1 aromatic carbocycles. The molecule has 1 amide bonds. The topological polar surface area (TPSA) is 80.7 Å². The Hall–Kier alpha value is -3.71. The fraction of sp³-hybridized carbons (Fsp3) is 0.0870. The molecule has 1 N–H and O–H groups in total. The van der Waals surface area contributed by atoms with E-state index in [-0.39, 0.29) is 11.7 Å². The second-order valence-electron chi connectivity index (χ2n) is 6.80. The van der Waals surface area contributed by atoms with Crippen LogP contribution in [0.3, 0.4) is 0 Å². The van der Waals surface area contributed by atoms with E-state index < -0.39 is 0 Å². The van der Waals surface area contributed by atoms with E-state index in [0.717, 1.165) is 37.4 Å². The molecule has 0 fully saturated rings. The molecular formula is C23H17N5OS. The van der Waals surface area contributed by atoms with Gasteiger partial charge in [0.05, 0.1) is 28.1 Å². The Morgan fingerprint density at radius 2 is 1.73 bits per heavy atom. The number of carbonyl (C=O) groups excluding carboxylic acids is 1. The number of fused-ring (bicyclic) bond motifs is 3. The third-order valence-electron chi connectivity index (χ3n) is 4.73. The molecule has 30 heavy (non-hydrogen) atoms. The van der Waals surface area contributed by atoms with E-state index in [2.05, 4.69) is 37.4 Å². The van der Waals surface area contributed by atoms with Gasteiger partial charge in [0.15, 0.2) is 0 Å². The van der Waals surface area contributed by atoms with Gasteiger partial charge in [-0.1, -0.05) is 36.4 Å². The number of aromatic nitrogens is 4. The van der Waals surface area contributed by atoms with Crippen LogP contribution >= 0.6 is 11.3 Å². The van der Waals surface area contributed by atoms with Gasteiger partial charge in [0.2, 0.25) is 5.82 Å². The second-order valence-corrected chi connectivity index (χ2v) is 7.80. The third-order valence-corrected chi connectivity index (χ3v) is 5.89. The van der Waals surface area contributed by atoms with Crippen molar-refractivity contribution in [2.45, 2.75) is 13.0 Å². The van der Waals surface area contributed by atoms with Crippen molar-refractivity contribution in [1.82, 2.24) is 25.3 Å². The summed E-state index contributed by atoms with van der Waals surface area (Å²) in [5.41, 5.74) is 3.51. The Kier molecular flexibility index (Phi) is 4.86. The van der Waals surface area contributed by atoms with E-state index in [9.17, 15) is 4.79 Å². The first-order chi connectivity index (χ1) is 14.8. The molecule has 5 aromatic rings. The van der Waals surface area contributed by atoms with Crippen molar-refractivity contribution in [3.05, 3.63) is 95.8 Å². The van der Waals surface area contributed by atoms with Gasteiger partial charge in [0.1, 0.15) is 4.83 Å². The molecule has 5 rings (SSSR count). The number of hydrogen-bond donors (Lipinski definition) is 1. The average Bonchev–Trinajstić information content (AvgIpc) is 3.18. The molecule has 0 radical (unpaired) electrons. The van der Waals surface area contributed by atoms with Crippen molar-refractivity contribution in [3.63, 3.8) is 0 Å². The highest BCUT2D eigenvalue weighted by Gasteiger charge is 2.18. The molecule has 4 heterocycles. The maximum absolute atomic E-state index is 12.8. The quantitative estimate of drug-likeness (QED) is 0.470. The van der Waals surface area contributed by atoms with Gasteiger partial charge >= 0.3 is 0 Å². The zero-order valence-electron chi connectivity index (χ0n) is 15.9. The summed E-state index contributed by atoms with van der Waals surface area (Å²) in [7, 11) is 0. The lowest BCUT2D eigenvalue weighted by molar-refractivity contribution is 0.0940. The summed E-state index contributed by atoms with van der Waals surface area (Å²) in [5.74, 6) is -0.159. The van der Waals surface area contributed by atoms with Crippen LogP contribution in [0, 0.1) is 0 Å².